The Bertz CT molecular complexity index is 578. The van der Waals surface area contributed by atoms with Crippen molar-refractivity contribution in [1.82, 2.24) is 0 Å². The van der Waals surface area contributed by atoms with Crippen LogP contribution in [-0.2, 0) is 9.84 Å². The summed E-state index contributed by atoms with van der Waals surface area (Å²) < 4.78 is 50.0. The number of benzene rings is 1. The van der Waals surface area contributed by atoms with Crippen LogP contribution in [0, 0.1) is 28.9 Å². The second-order valence-corrected chi connectivity index (χ2v) is 6.13. The van der Waals surface area contributed by atoms with E-state index in [1.165, 1.54) is 0 Å². The summed E-state index contributed by atoms with van der Waals surface area (Å²) in [5.74, 6) is -2.74. The van der Waals surface area contributed by atoms with Crippen molar-refractivity contribution >= 4 is 9.84 Å². The minimum atomic E-state index is -3.97. The van der Waals surface area contributed by atoms with Crippen LogP contribution in [0.25, 0.3) is 0 Å². The fourth-order valence-electron chi connectivity index (χ4n) is 1.52. The molecule has 98 valence electrons. The minimum Gasteiger partial charge on any atom is -0.222 e. The van der Waals surface area contributed by atoms with Gasteiger partial charge in [-0.25, -0.2) is 17.2 Å². The maximum Gasteiger partial charge on any atom is 0.194 e. The number of halogens is 2. The molecule has 3 nitrogen and oxygen atoms in total. The summed E-state index contributed by atoms with van der Waals surface area (Å²) in [5, 5.41) is 7.69. The molecule has 0 saturated heterocycles. The van der Waals surface area contributed by atoms with Crippen molar-refractivity contribution < 1.29 is 17.2 Å². The first kappa shape index (κ1) is 14.6. The quantitative estimate of drug-likeness (QED) is 0.792. The molecule has 0 bridgehead atoms. The Labute approximate surface area is 105 Å². The first-order valence-electron chi connectivity index (χ1n) is 5.43. The molecule has 0 aliphatic heterocycles. The molecule has 0 aromatic heterocycles. The van der Waals surface area contributed by atoms with Crippen LogP contribution in [0.1, 0.15) is 20.3 Å². The van der Waals surface area contributed by atoms with Crippen molar-refractivity contribution in [2.24, 2.45) is 5.92 Å². The summed E-state index contributed by atoms with van der Waals surface area (Å²) in [6.07, 6.45) is 0.501. The predicted molar refractivity (Wildman–Crippen MR) is 62.4 cm³/mol. The highest BCUT2D eigenvalue weighted by Crippen LogP contribution is 2.24. The van der Waals surface area contributed by atoms with Gasteiger partial charge in [-0.1, -0.05) is 20.3 Å². The van der Waals surface area contributed by atoms with Gasteiger partial charge in [0.15, 0.2) is 26.7 Å². The zero-order valence-corrected chi connectivity index (χ0v) is 10.8. The van der Waals surface area contributed by atoms with Gasteiger partial charge in [0, 0.05) is 0 Å². The Morgan fingerprint density at radius 2 is 1.94 bits per heavy atom. The standard InChI is InChI=1S/C12H13F2NO2S/c1-3-8(2)12(7-15)18(16,17)9-4-5-10(13)11(14)6-9/h4-6,8,12H,3H2,1-2H3. The Morgan fingerprint density at radius 3 is 2.39 bits per heavy atom. The van der Waals surface area contributed by atoms with Crippen molar-refractivity contribution in [3.8, 4) is 6.07 Å². The normalized spacial score (nSPS) is 14.8. The van der Waals surface area contributed by atoms with Crippen molar-refractivity contribution in [1.29, 1.82) is 5.26 Å². The Morgan fingerprint density at radius 1 is 1.33 bits per heavy atom. The Hall–Kier alpha value is -1.48. The second-order valence-electron chi connectivity index (χ2n) is 4.06. The molecule has 1 aromatic rings. The third kappa shape index (κ3) is 2.67. The number of nitriles is 1. The molecule has 18 heavy (non-hydrogen) atoms. The van der Waals surface area contributed by atoms with E-state index in [0.29, 0.717) is 12.5 Å². The van der Waals surface area contributed by atoms with E-state index in [1.54, 1.807) is 19.9 Å². The van der Waals surface area contributed by atoms with Crippen LogP contribution < -0.4 is 0 Å². The molecule has 0 aliphatic rings. The lowest BCUT2D eigenvalue weighted by molar-refractivity contribution is 0.502. The van der Waals surface area contributed by atoms with Gasteiger partial charge >= 0.3 is 0 Å². The van der Waals surface area contributed by atoms with Crippen molar-refractivity contribution in [2.45, 2.75) is 30.4 Å². The summed E-state index contributed by atoms with van der Waals surface area (Å²) in [6.45, 7) is 3.39. The SMILES string of the molecule is CCC(C)C(C#N)S(=O)(=O)c1ccc(F)c(F)c1. The highest BCUT2D eigenvalue weighted by atomic mass is 32.2. The molecule has 0 N–H and O–H groups in total. The van der Waals surface area contributed by atoms with Crippen LogP contribution in [0.5, 0.6) is 0 Å². The molecule has 0 aliphatic carbocycles. The van der Waals surface area contributed by atoms with Crippen LogP contribution in [0.3, 0.4) is 0 Å². The van der Waals surface area contributed by atoms with Crippen LogP contribution in [0.15, 0.2) is 23.1 Å². The topological polar surface area (TPSA) is 57.9 Å². The van der Waals surface area contributed by atoms with E-state index in [2.05, 4.69) is 0 Å². The van der Waals surface area contributed by atoms with E-state index in [-0.39, 0.29) is 10.8 Å². The van der Waals surface area contributed by atoms with Crippen molar-refractivity contribution in [2.75, 3.05) is 0 Å². The van der Waals surface area contributed by atoms with Gasteiger partial charge < -0.3 is 0 Å². The fourth-order valence-corrected chi connectivity index (χ4v) is 3.28. The van der Waals surface area contributed by atoms with E-state index < -0.39 is 26.7 Å². The number of rotatable bonds is 4. The maximum atomic E-state index is 13.0. The van der Waals surface area contributed by atoms with Crippen molar-refractivity contribution in [3.05, 3.63) is 29.8 Å². The van der Waals surface area contributed by atoms with Gasteiger partial charge in [0.05, 0.1) is 11.0 Å². The number of nitrogens with zero attached hydrogens (tertiary/aromatic N) is 1. The molecule has 0 amide bonds. The van der Waals surface area contributed by atoms with Crippen LogP contribution in [-0.4, -0.2) is 13.7 Å². The van der Waals surface area contributed by atoms with Gasteiger partial charge in [-0.05, 0) is 24.1 Å². The van der Waals surface area contributed by atoms with Gasteiger partial charge in [-0.15, -0.1) is 0 Å². The first-order chi connectivity index (χ1) is 8.34. The van der Waals surface area contributed by atoms with Crippen LogP contribution in [0.2, 0.25) is 0 Å². The summed E-state index contributed by atoms with van der Waals surface area (Å²) in [5.41, 5.74) is 0. The third-order valence-corrected chi connectivity index (χ3v) is 4.99. The average molecular weight is 273 g/mol. The molecule has 2 atom stereocenters. The lowest BCUT2D eigenvalue weighted by Crippen LogP contribution is -2.26. The summed E-state index contributed by atoms with van der Waals surface area (Å²) in [4.78, 5) is -0.367. The second kappa shape index (κ2) is 5.44. The smallest absolute Gasteiger partial charge is 0.194 e. The summed E-state index contributed by atoms with van der Waals surface area (Å²) in [7, 11) is -3.97. The van der Waals surface area contributed by atoms with Gasteiger partial charge in [0.2, 0.25) is 0 Å². The minimum absolute atomic E-state index is 0.367. The van der Waals surface area contributed by atoms with Crippen molar-refractivity contribution in [3.63, 3.8) is 0 Å². The first-order valence-corrected chi connectivity index (χ1v) is 6.97. The third-order valence-electron chi connectivity index (χ3n) is 2.84. The molecule has 0 spiro atoms. The number of sulfone groups is 1. The highest BCUT2D eigenvalue weighted by Gasteiger charge is 2.32. The molecule has 0 radical (unpaired) electrons. The van der Waals surface area contributed by atoms with Gasteiger partial charge in [-0.2, -0.15) is 5.26 Å². The number of hydrogen-bond acceptors (Lipinski definition) is 3. The van der Waals surface area contributed by atoms with E-state index in [0.717, 1.165) is 12.1 Å². The van der Waals surface area contributed by atoms with E-state index in [4.69, 9.17) is 5.26 Å². The highest BCUT2D eigenvalue weighted by molar-refractivity contribution is 7.92. The summed E-state index contributed by atoms with van der Waals surface area (Å²) >= 11 is 0. The van der Waals surface area contributed by atoms with E-state index in [9.17, 15) is 17.2 Å². The lowest BCUT2D eigenvalue weighted by Gasteiger charge is -2.16. The molecule has 2 unspecified atom stereocenters. The Balaban J connectivity index is 3.28. The molecule has 0 fully saturated rings. The zero-order valence-electron chi connectivity index (χ0n) is 10.0. The zero-order chi connectivity index (χ0) is 13.9. The van der Waals surface area contributed by atoms with Gasteiger partial charge in [-0.3, -0.25) is 0 Å². The Kier molecular flexibility index (Phi) is 4.41. The lowest BCUT2D eigenvalue weighted by atomic mass is 10.1. The van der Waals surface area contributed by atoms with E-state index in [1.807, 2.05) is 0 Å². The fraction of sp³-hybridized carbons (Fsp3) is 0.417. The van der Waals surface area contributed by atoms with Crippen LogP contribution in [0.4, 0.5) is 8.78 Å². The maximum absolute atomic E-state index is 13.0. The predicted octanol–water partition coefficient (Wildman–Crippen LogP) is 2.68. The molecular weight excluding hydrogens is 260 g/mol. The summed E-state index contributed by atoms with van der Waals surface area (Å²) in [6, 6.07) is 4.05. The molecule has 1 aromatic carbocycles. The molecule has 0 heterocycles. The van der Waals surface area contributed by atoms with Crippen LogP contribution >= 0.6 is 0 Å². The molecule has 1 rings (SSSR count). The largest absolute Gasteiger partial charge is 0.222 e. The average Bonchev–Trinajstić information content (AvgIpc) is 2.32. The molecule has 0 saturated carbocycles. The molecule has 6 heteroatoms. The van der Waals surface area contributed by atoms with Gasteiger partial charge in [0.1, 0.15) is 0 Å². The van der Waals surface area contributed by atoms with Gasteiger partial charge in [0.25, 0.3) is 0 Å². The van der Waals surface area contributed by atoms with E-state index >= 15 is 0 Å². The number of hydrogen-bond donors (Lipinski definition) is 0. The molecular formula is C12H13F2NO2S. The monoisotopic (exact) mass is 273 g/mol.